The molecule has 4 rings (SSSR count). The van der Waals surface area contributed by atoms with E-state index in [9.17, 15) is 5.11 Å². The van der Waals surface area contributed by atoms with Crippen LogP contribution in [-0.2, 0) is 37.6 Å². The fourth-order valence-corrected chi connectivity index (χ4v) is 5.79. The van der Waals surface area contributed by atoms with E-state index >= 15 is 0 Å². The molecule has 0 aromatic heterocycles. The number of ether oxygens (including phenoxy) is 6. The molecule has 1 heterocycles. The minimum atomic E-state index is -1.17. The van der Waals surface area contributed by atoms with Gasteiger partial charge in [-0.2, -0.15) is 0 Å². The van der Waals surface area contributed by atoms with E-state index < -0.39 is 17.2 Å². The monoisotopic (exact) mass is 472 g/mol. The van der Waals surface area contributed by atoms with Gasteiger partial charge in [0.2, 0.25) is 5.79 Å². The number of benzene rings is 2. The highest BCUT2D eigenvalue weighted by Gasteiger charge is 2.52. The van der Waals surface area contributed by atoms with E-state index in [1.54, 1.807) is 28.4 Å². The van der Waals surface area contributed by atoms with E-state index in [-0.39, 0.29) is 12.7 Å². The summed E-state index contributed by atoms with van der Waals surface area (Å²) in [4.78, 5) is 0. The summed E-state index contributed by atoms with van der Waals surface area (Å²) < 4.78 is 36.7. The minimum absolute atomic E-state index is 0.0262. The van der Waals surface area contributed by atoms with E-state index in [1.807, 2.05) is 45.0 Å². The van der Waals surface area contributed by atoms with Crippen LogP contribution in [0.4, 0.5) is 0 Å². The molecule has 186 valence electrons. The fraction of sp³-hybridized carbons (Fsp3) is 0.556. The first-order valence-electron chi connectivity index (χ1n) is 11.7. The summed E-state index contributed by atoms with van der Waals surface area (Å²) in [6.07, 6.45) is 1.29. The summed E-state index contributed by atoms with van der Waals surface area (Å²) in [6, 6.07) is 10.1. The van der Waals surface area contributed by atoms with Gasteiger partial charge in [-0.15, -0.1) is 0 Å². The van der Waals surface area contributed by atoms with Crippen molar-refractivity contribution < 1.29 is 33.5 Å². The maximum absolute atomic E-state index is 9.91. The average molecular weight is 473 g/mol. The minimum Gasteiger partial charge on any atom is -0.496 e. The Balaban J connectivity index is 1.95. The molecule has 34 heavy (non-hydrogen) atoms. The molecule has 1 fully saturated rings. The van der Waals surface area contributed by atoms with E-state index in [0.29, 0.717) is 25.0 Å². The number of methoxy groups -OCH3 is 4. The third kappa shape index (κ3) is 3.80. The van der Waals surface area contributed by atoms with Gasteiger partial charge in [-0.3, -0.25) is 0 Å². The lowest BCUT2D eigenvalue weighted by Crippen LogP contribution is -2.43. The van der Waals surface area contributed by atoms with Crippen LogP contribution in [0, 0.1) is 0 Å². The summed E-state index contributed by atoms with van der Waals surface area (Å²) in [5, 5.41) is 9.91. The van der Waals surface area contributed by atoms with Crippen LogP contribution in [-0.4, -0.2) is 57.6 Å². The normalized spacial score (nSPS) is 24.4. The smallest absolute Gasteiger partial charge is 0.226 e. The van der Waals surface area contributed by atoms with Crippen LogP contribution in [0.25, 0.3) is 0 Å². The second kappa shape index (κ2) is 9.13. The molecule has 0 bridgehead atoms. The molecule has 2 atom stereocenters. The van der Waals surface area contributed by atoms with Crippen molar-refractivity contribution in [2.75, 3.05) is 35.0 Å². The van der Waals surface area contributed by atoms with Gasteiger partial charge in [0, 0.05) is 56.8 Å². The molecule has 7 nitrogen and oxygen atoms in total. The zero-order valence-electron chi connectivity index (χ0n) is 21.2. The quantitative estimate of drug-likeness (QED) is 0.584. The van der Waals surface area contributed by atoms with Gasteiger partial charge in [0.25, 0.3) is 0 Å². The molecule has 0 amide bonds. The van der Waals surface area contributed by atoms with Crippen molar-refractivity contribution in [3.63, 3.8) is 0 Å². The highest BCUT2D eigenvalue weighted by Crippen LogP contribution is 2.52. The van der Waals surface area contributed by atoms with Crippen LogP contribution in [0.2, 0.25) is 0 Å². The van der Waals surface area contributed by atoms with Crippen molar-refractivity contribution in [3.05, 3.63) is 58.1 Å². The van der Waals surface area contributed by atoms with Crippen molar-refractivity contribution in [2.45, 2.75) is 63.3 Å². The van der Waals surface area contributed by atoms with E-state index in [0.717, 1.165) is 33.6 Å². The zero-order valence-corrected chi connectivity index (χ0v) is 21.2. The number of hydrogen-bond acceptors (Lipinski definition) is 7. The highest BCUT2D eigenvalue weighted by molar-refractivity contribution is 5.63. The summed E-state index contributed by atoms with van der Waals surface area (Å²) >= 11 is 0. The van der Waals surface area contributed by atoms with Gasteiger partial charge in [0.1, 0.15) is 17.1 Å². The zero-order chi connectivity index (χ0) is 24.7. The molecule has 1 saturated heterocycles. The van der Waals surface area contributed by atoms with Gasteiger partial charge in [0.15, 0.2) is 5.79 Å². The van der Waals surface area contributed by atoms with Crippen LogP contribution in [0.1, 0.15) is 55.0 Å². The number of hydrogen-bond donors (Lipinski definition) is 1. The molecule has 2 aromatic rings. The van der Waals surface area contributed by atoms with Crippen LogP contribution in [0.5, 0.6) is 11.5 Å². The highest BCUT2D eigenvalue weighted by atomic mass is 16.8. The van der Waals surface area contributed by atoms with E-state index in [2.05, 4.69) is 6.07 Å². The molecule has 2 aliphatic rings. The van der Waals surface area contributed by atoms with Gasteiger partial charge >= 0.3 is 0 Å². The van der Waals surface area contributed by atoms with Crippen LogP contribution < -0.4 is 9.47 Å². The second-order valence-corrected chi connectivity index (χ2v) is 9.46. The third-order valence-corrected chi connectivity index (χ3v) is 7.17. The number of aliphatic hydroxyl groups is 1. The molecule has 2 aromatic carbocycles. The molecule has 0 radical (unpaired) electrons. The molecule has 0 saturated carbocycles. The van der Waals surface area contributed by atoms with Crippen LogP contribution in [0.3, 0.4) is 0 Å². The topological polar surface area (TPSA) is 75.6 Å². The maximum Gasteiger partial charge on any atom is 0.226 e. The van der Waals surface area contributed by atoms with Crippen molar-refractivity contribution in [3.8, 4) is 11.5 Å². The number of fused-ring (bicyclic) bond motifs is 2. The standard InChI is InChI=1S/C27H36O7/c1-17-26(12-13-28,34-25(2,3)33-17)16-19-15-22(29-4)20-14-18-10-8-9-11-21(18)27(31-6,32-7)23(20)24(19)30-5/h8-11,15,17,28H,12-14,16H2,1-7H3/t17-,26+/m0/s1. The summed E-state index contributed by atoms with van der Waals surface area (Å²) in [5.74, 6) is -0.543. The number of rotatable bonds is 8. The summed E-state index contributed by atoms with van der Waals surface area (Å²) in [7, 11) is 6.60. The van der Waals surface area contributed by atoms with Crippen molar-refractivity contribution >= 4 is 0 Å². The van der Waals surface area contributed by atoms with Crippen molar-refractivity contribution in [1.29, 1.82) is 0 Å². The Morgan fingerprint density at radius 1 is 1.06 bits per heavy atom. The van der Waals surface area contributed by atoms with E-state index in [1.165, 1.54) is 0 Å². The van der Waals surface area contributed by atoms with Crippen LogP contribution >= 0.6 is 0 Å². The van der Waals surface area contributed by atoms with Crippen molar-refractivity contribution in [1.82, 2.24) is 0 Å². The predicted molar refractivity (Wildman–Crippen MR) is 127 cm³/mol. The first-order chi connectivity index (χ1) is 16.2. The molecule has 1 N–H and O–H groups in total. The van der Waals surface area contributed by atoms with Gasteiger partial charge in [-0.1, -0.05) is 24.3 Å². The Morgan fingerprint density at radius 3 is 2.32 bits per heavy atom. The van der Waals surface area contributed by atoms with Gasteiger partial charge in [0.05, 0.1) is 25.9 Å². The molecular weight excluding hydrogens is 436 g/mol. The van der Waals surface area contributed by atoms with Crippen molar-refractivity contribution in [2.24, 2.45) is 0 Å². The molecule has 0 spiro atoms. The Hall–Kier alpha value is -2.16. The third-order valence-electron chi connectivity index (χ3n) is 7.17. The summed E-state index contributed by atoms with van der Waals surface area (Å²) in [6.45, 7) is 5.75. The van der Waals surface area contributed by atoms with Gasteiger partial charge < -0.3 is 33.5 Å². The molecular formula is C27H36O7. The first-order valence-corrected chi connectivity index (χ1v) is 11.7. The number of aliphatic hydroxyl groups excluding tert-OH is 1. The van der Waals surface area contributed by atoms with E-state index in [4.69, 9.17) is 28.4 Å². The predicted octanol–water partition coefficient (Wildman–Crippen LogP) is 3.94. The lowest BCUT2D eigenvalue weighted by atomic mass is 9.77. The lowest BCUT2D eigenvalue weighted by molar-refractivity contribution is -0.186. The van der Waals surface area contributed by atoms with Gasteiger partial charge in [-0.05, 0) is 32.4 Å². The largest absolute Gasteiger partial charge is 0.496 e. The van der Waals surface area contributed by atoms with Gasteiger partial charge in [-0.25, -0.2) is 0 Å². The molecule has 7 heteroatoms. The fourth-order valence-electron chi connectivity index (χ4n) is 5.79. The van der Waals surface area contributed by atoms with Crippen LogP contribution in [0.15, 0.2) is 30.3 Å². The Morgan fingerprint density at radius 2 is 1.76 bits per heavy atom. The lowest BCUT2D eigenvalue weighted by Gasteiger charge is -2.40. The Kier molecular flexibility index (Phi) is 6.70. The molecule has 0 unspecified atom stereocenters. The first kappa shape index (κ1) is 24.9. The SMILES string of the molecule is COc1cc(C[C@@]2(CCO)OC(C)(C)O[C@H]2C)c(OC)c2c1Cc1ccccc1C2(OC)OC. The molecule has 1 aliphatic heterocycles. The molecule has 1 aliphatic carbocycles. The Bertz CT molecular complexity index is 1040. The maximum atomic E-state index is 9.91. The average Bonchev–Trinajstić information content (AvgIpc) is 3.04. The summed E-state index contributed by atoms with van der Waals surface area (Å²) in [5.41, 5.74) is 3.92. The second-order valence-electron chi connectivity index (χ2n) is 9.46. The Labute approximate surface area is 201 Å².